The molecule has 1 aliphatic rings. The van der Waals surface area contributed by atoms with Gasteiger partial charge in [0.25, 0.3) is 17.2 Å². The van der Waals surface area contributed by atoms with Gasteiger partial charge >= 0.3 is 0 Å². The highest BCUT2D eigenvalue weighted by molar-refractivity contribution is 7.16. The van der Waals surface area contributed by atoms with E-state index in [0.717, 1.165) is 21.9 Å². The van der Waals surface area contributed by atoms with Gasteiger partial charge in [0.05, 0.1) is 33.9 Å². The molecule has 4 aromatic heterocycles. The zero-order valence-electron chi connectivity index (χ0n) is 21.2. The van der Waals surface area contributed by atoms with Crippen LogP contribution in [-0.4, -0.2) is 49.7 Å². The Morgan fingerprint density at radius 3 is 2.78 bits per heavy atom. The number of aliphatic imine (C=N–C) groups is 1. The van der Waals surface area contributed by atoms with E-state index in [1.165, 1.54) is 36.5 Å². The van der Waals surface area contributed by atoms with Crippen molar-refractivity contribution >= 4 is 28.6 Å². The molecule has 0 fully saturated rings. The second kappa shape index (κ2) is 10.3. The van der Waals surface area contributed by atoms with Gasteiger partial charge in [-0.25, -0.2) is 37.2 Å². The first-order chi connectivity index (χ1) is 19.7. The average molecular weight is 585 g/mol. The third-order valence-corrected chi connectivity index (χ3v) is 7.32. The zero-order chi connectivity index (χ0) is 28.8. The van der Waals surface area contributed by atoms with Gasteiger partial charge in [0.15, 0.2) is 6.61 Å². The standard InChI is InChI=1S/C26H20F4N8O2S/c1-12(21-19(13-3-2-4-14(27)7-13)25(39)37-9-15(28)5-6-18(37)35-21)38-24-20(23(31)33-11-34-24)22(36-38)16-8-32-26(41-16)40-10-17(29)30/h2-9,12,17,34H,10-11H2,1H3,(H2,31,33). The van der Waals surface area contributed by atoms with Crippen molar-refractivity contribution in [3.63, 3.8) is 0 Å². The number of halogens is 4. The number of nitrogens with one attached hydrogen (secondary N) is 1. The molecule has 0 amide bonds. The van der Waals surface area contributed by atoms with Gasteiger partial charge in [-0.15, -0.1) is 0 Å². The van der Waals surface area contributed by atoms with Crippen molar-refractivity contribution in [2.45, 2.75) is 19.4 Å². The quantitative estimate of drug-likeness (QED) is 0.273. The molecule has 15 heteroatoms. The predicted octanol–water partition coefficient (Wildman–Crippen LogP) is 4.30. The van der Waals surface area contributed by atoms with Crippen LogP contribution in [0.1, 0.15) is 24.2 Å². The Labute approximate surface area is 232 Å². The van der Waals surface area contributed by atoms with Gasteiger partial charge in [0, 0.05) is 6.20 Å². The molecule has 0 saturated heterocycles. The lowest BCUT2D eigenvalue weighted by Gasteiger charge is -2.21. The Bertz CT molecular complexity index is 1880. The molecule has 0 aliphatic carbocycles. The summed E-state index contributed by atoms with van der Waals surface area (Å²) in [6.45, 7) is 1.08. The van der Waals surface area contributed by atoms with Gasteiger partial charge in [-0.1, -0.05) is 23.5 Å². The number of anilines is 1. The number of alkyl halides is 2. The monoisotopic (exact) mass is 584 g/mol. The van der Waals surface area contributed by atoms with Gasteiger partial charge in [0.1, 0.15) is 41.3 Å². The third-order valence-electron chi connectivity index (χ3n) is 6.40. The number of amidine groups is 1. The SMILES string of the molecule is CC(c1nc2ccc(F)cn2c(=O)c1-c1cccc(F)c1)n1nc(-c2cnc(OCC(F)F)s2)c2c1NCN=C2N. The van der Waals surface area contributed by atoms with Crippen LogP contribution in [0, 0.1) is 11.6 Å². The number of ether oxygens (including phenoxy) is 1. The zero-order valence-corrected chi connectivity index (χ0v) is 22.0. The van der Waals surface area contributed by atoms with Crippen LogP contribution in [0.3, 0.4) is 0 Å². The van der Waals surface area contributed by atoms with Crippen molar-refractivity contribution in [2.75, 3.05) is 18.6 Å². The third kappa shape index (κ3) is 4.77. The highest BCUT2D eigenvalue weighted by Gasteiger charge is 2.30. The highest BCUT2D eigenvalue weighted by atomic mass is 32.1. The first-order valence-corrected chi connectivity index (χ1v) is 13.0. The summed E-state index contributed by atoms with van der Waals surface area (Å²) in [6, 6.07) is 7.28. The van der Waals surface area contributed by atoms with Crippen molar-refractivity contribution in [3.05, 3.63) is 82.0 Å². The summed E-state index contributed by atoms with van der Waals surface area (Å²) in [5.41, 5.74) is 7.20. The summed E-state index contributed by atoms with van der Waals surface area (Å²) in [5.74, 6) is -0.555. The molecular formula is C26H20F4N8O2S. The lowest BCUT2D eigenvalue weighted by Crippen LogP contribution is -2.26. The van der Waals surface area contributed by atoms with Crippen molar-refractivity contribution in [3.8, 4) is 26.9 Å². The van der Waals surface area contributed by atoms with Crippen LogP contribution in [0.4, 0.5) is 23.4 Å². The first-order valence-electron chi connectivity index (χ1n) is 12.2. The summed E-state index contributed by atoms with van der Waals surface area (Å²) in [5, 5.41) is 7.92. The normalized spacial score (nSPS) is 13.7. The van der Waals surface area contributed by atoms with Gasteiger partial charge in [-0.05, 0) is 36.8 Å². The van der Waals surface area contributed by atoms with E-state index in [-0.39, 0.29) is 40.2 Å². The molecule has 0 saturated carbocycles. The number of pyridine rings is 1. The molecule has 5 heterocycles. The minimum Gasteiger partial charge on any atom is -0.464 e. The predicted molar refractivity (Wildman–Crippen MR) is 145 cm³/mol. The molecule has 0 radical (unpaired) electrons. The maximum absolute atomic E-state index is 14.3. The average Bonchev–Trinajstić information content (AvgIpc) is 3.57. The van der Waals surface area contributed by atoms with E-state index in [9.17, 15) is 22.4 Å². The molecule has 10 nitrogen and oxygen atoms in total. The Morgan fingerprint density at radius 2 is 2.00 bits per heavy atom. The minimum atomic E-state index is -2.66. The smallest absolute Gasteiger partial charge is 0.273 e. The van der Waals surface area contributed by atoms with Crippen LogP contribution in [0.5, 0.6) is 5.19 Å². The molecule has 3 N–H and O–H groups in total. The first kappa shape index (κ1) is 26.4. The maximum Gasteiger partial charge on any atom is 0.273 e. The molecule has 210 valence electrons. The highest BCUT2D eigenvalue weighted by Crippen LogP contribution is 2.39. The Morgan fingerprint density at radius 1 is 1.17 bits per heavy atom. The van der Waals surface area contributed by atoms with Crippen LogP contribution in [0.25, 0.3) is 27.3 Å². The fourth-order valence-corrected chi connectivity index (χ4v) is 5.38. The minimum absolute atomic E-state index is 0.0285. The fraction of sp³-hybridized carbons (Fsp3) is 0.192. The number of nitrogens with two attached hydrogens (primary N) is 1. The van der Waals surface area contributed by atoms with Gasteiger partial charge in [-0.2, -0.15) is 5.10 Å². The molecular weight excluding hydrogens is 564 g/mol. The number of hydrogen-bond acceptors (Lipinski definition) is 9. The molecule has 1 atom stereocenters. The van der Waals surface area contributed by atoms with Gasteiger partial charge in [0.2, 0.25) is 0 Å². The van der Waals surface area contributed by atoms with Crippen LogP contribution in [0.15, 0.2) is 58.6 Å². The summed E-state index contributed by atoms with van der Waals surface area (Å²) in [6.07, 6.45) is -0.214. The topological polar surface area (TPSA) is 125 Å². The van der Waals surface area contributed by atoms with Crippen molar-refractivity contribution in [1.29, 1.82) is 0 Å². The molecule has 6 rings (SSSR count). The van der Waals surface area contributed by atoms with Crippen molar-refractivity contribution in [1.82, 2.24) is 24.1 Å². The molecule has 1 unspecified atom stereocenters. The Hall–Kier alpha value is -4.79. The lowest BCUT2D eigenvalue weighted by atomic mass is 10.0. The van der Waals surface area contributed by atoms with E-state index in [1.54, 1.807) is 17.7 Å². The van der Waals surface area contributed by atoms with E-state index in [4.69, 9.17) is 15.6 Å². The molecule has 5 aromatic rings. The van der Waals surface area contributed by atoms with Gasteiger partial charge < -0.3 is 15.8 Å². The summed E-state index contributed by atoms with van der Waals surface area (Å²) in [4.78, 5) is 27.2. The van der Waals surface area contributed by atoms with E-state index >= 15 is 0 Å². The maximum atomic E-state index is 14.3. The van der Waals surface area contributed by atoms with E-state index in [1.807, 2.05) is 0 Å². The summed E-state index contributed by atoms with van der Waals surface area (Å²) in [7, 11) is 0. The summed E-state index contributed by atoms with van der Waals surface area (Å²) >= 11 is 1.00. The molecule has 1 aromatic carbocycles. The number of fused-ring (bicyclic) bond motifs is 2. The number of hydrogen-bond donors (Lipinski definition) is 2. The van der Waals surface area contributed by atoms with Crippen molar-refractivity contribution in [2.24, 2.45) is 10.7 Å². The fourth-order valence-electron chi connectivity index (χ4n) is 4.61. The molecule has 41 heavy (non-hydrogen) atoms. The number of rotatable bonds is 7. The molecule has 0 spiro atoms. The second-order valence-electron chi connectivity index (χ2n) is 9.03. The van der Waals surface area contributed by atoms with Crippen LogP contribution in [-0.2, 0) is 0 Å². The lowest BCUT2D eigenvalue weighted by molar-refractivity contribution is 0.0817. The number of nitrogens with zero attached hydrogens (tertiary/aromatic N) is 6. The van der Waals surface area contributed by atoms with Gasteiger partial charge in [-0.3, -0.25) is 9.20 Å². The second-order valence-corrected chi connectivity index (χ2v) is 10.0. The summed E-state index contributed by atoms with van der Waals surface area (Å²) < 4.78 is 61.3. The van der Waals surface area contributed by atoms with E-state index < -0.39 is 36.3 Å². The van der Waals surface area contributed by atoms with Crippen molar-refractivity contribution < 1.29 is 22.3 Å². The largest absolute Gasteiger partial charge is 0.464 e. The van der Waals surface area contributed by atoms with E-state index in [2.05, 4.69) is 20.3 Å². The Kier molecular flexibility index (Phi) is 6.65. The number of aromatic nitrogens is 5. The molecule has 0 bridgehead atoms. The number of thiazole rings is 1. The van der Waals surface area contributed by atoms with E-state index in [0.29, 0.717) is 22.0 Å². The van der Waals surface area contributed by atoms with Crippen LogP contribution < -0.4 is 21.3 Å². The Balaban J connectivity index is 1.54. The van der Waals surface area contributed by atoms with Crippen LogP contribution in [0.2, 0.25) is 0 Å². The number of benzene rings is 1. The molecule has 1 aliphatic heterocycles. The van der Waals surface area contributed by atoms with Crippen LogP contribution >= 0.6 is 11.3 Å².